The molecule has 0 spiro atoms. The molecule has 106 valence electrons. The quantitative estimate of drug-likeness (QED) is 0.618. The van der Waals surface area contributed by atoms with Crippen molar-refractivity contribution in [1.82, 2.24) is 10.6 Å². The monoisotopic (exact) mass is 268 g/mol. The Hall–Kier alpha value is -1.59. The van der Waals surface area contributed by atoms with E-state index in [1.54, 1.807) is 0 Å². The van der Waals surface area contributed by atoms with Crippen molar-refractivity contribution in [3.63, 3.8) is 0 Å². The van der Waals surface area contributed by atoms with Gasteiger partial charge in [0.05, 0.1) is 0 Å². The average Bonchev–Trinajstić information content (AvgIpc) is 2.98. The zero-order valence-electron chi connectivity index (χ0n) is 10.9. The highest BCUT2D eigenvalue weighted by Gasteiger charge is 2.36. The maximum atomic E-state index is 12.0. The molecule has 1 saturated heterocycles. The molecule has 1 aliphatic carbocycles. The third-order valence-corrected chi connectivity index (χ3v) is 4.05. The molecule has 0 bridgehead atoms. The predicted molar refractivity (Wildman–Crippen MR) is 67.2 cm³/mol. The first-order chi connectivity index (χ1) is 9.08. The van der Waals surface area contributed by atoms with E-state index in [9.17, 15) is 19.5 Å². The van der Waals surface area contributed by atoms with Gasteiger partial charge in [-0.15, -0.1) is 0 Å². The lowest BCUT2D eigenvalue weighted by Gasteiger charge is -2.19. The molecule has 19 heavy (non-hydrogen) atoms. The van der Waals surface area contributed by atoms with Gasteiger partial charge in [0.2, 0.25) is 11.8 Å². The number of amides is 2. The number of rotatable bonds is 5. The zero-order chi connectivity index (χ0) is 13.8. The number of hydrogen-bond donors (Lipinski definition) is 3. The summed E-state index contributed by atoms with van der Waals surface area (Å²) in [5.74, 6) is -2.35. The third kappa shape index (κ3) is 3.45. The summed E-state index contributed by atoms with van der Waals surface area (Å²) in [6.45, 7) is 0.925. The van der Waals surface area contributed by atoms with E-state index in [-0.39, 0.29) is 17.7 Å². The third-order valence-electron chi connectivity index (χ3n) is 4.05. The maximum Gasteiger partial charge on any atom is 0.316 e. The van der Waals surface area contributed by atoms with E-state index in [4.69, 9.17) is 0 Å². The highest BCUT2D eigenvalue weighted by Crippen LogP contribution is 2.31. The van der Waals surface area contributed by atoms with Gasteiger partial charge in [0, 0.05) is 25.4 Å². The molecule has 1 heterocycles. The first-order valence-electron chi connectivity index (χ1n) is 6.85. The highest BCUT2D eigenvalue weighted by molar-refractivity contribution is 5.97. The van der Waals surface area contributed by atoms with Crippen molar-refractivity contribution >= 4 is 17.8 Å². The van der Waals surface area contributed by atoms with Crippen LogP contribution in [0.25, 0.3) is 0 Å². The topological polar surface area (TPSA) is 95.5 Å². The van der Waals surface area contributed by atoms with Gasteiger partial charge in [0.1, 0.15) is 5.92 Å². The molecule has 1 saturated carbocycles. The number of carbonyl (C=O) groups excluding carboxylic acids is 2. The van der Waals surface area contributed by atoms with E-state index < -0.39 is 17.8 Å². The smallest absolute Gasteiger partial charge is 0.316 e. The minimum absolute atomic E-state index is 0.00942. The Kier molecular flexibility index (Phi) is 4.39. The van der Waals surface area contributed by atoms with Crippen molar-refractivity contribution in [2.24, 2.45) is 17.8 Å². The zero-order valence-corrected chi connectivity index (χ0v) is 10.9. The number of carboxylic acids is 1. The van der Waals surface area contributed by atoms with Gasteiger partial charge in [0.15, 0.2) is 0 Å². The van der Waals surface area contributed by atoms with Crippen LogP contribution in [0.2, 0.25) is 0 Å². The molecule has 0 radical (unpaired) electrons. The van der Waals surface area contributed by atoms with E-state index in [0.29, 0.717) is 19.5 Å². The summed E-state index contributed by atoms with van der Waals surface area (Å²) < 4.78 is 0. The van der Waals surface area contributed by atoms with Gasteiger partial charge < -0.3 is 15.7 Å². The lowest BCUT2D eigenvalue weighted by atomic mass is 9.90. The van der Waals surface area contributed by atoms with Crippen molar-refractivity contribution < 1.29 is 19.5 Å². The second-order valence-corrected chi connectivity index (χ2v) is 5.48. The van der Waals surface area contributed by atoms with E-state index >= 15 is 0 Å². The van der Waals surface area contributed by atoms with Crippen LogP contribution in [-0.4, -0.2) is 36.0 Å². The van der Waals surface area contributed by atoms with Crippen LogP contribution < -0.4 is 10.6 Å². The van der Waals surface area contributed by atoms with Crippen LogP contribution in [0.4, 0.5) is 0 Å². The summed E-state index contributed by atoms with van der Waals surface area (Å²) in [7, 11) is 0. The first kappa shape index (κ1) is 13.8. The number of carbonyl (C=O) groups is 3. The van der Waals surface area contributed by atoms with Gasteiger partial charge in [-0.25, -0.2) is 0 Å². The van der Waals surface area contributed by atoms with E-state index in [1.807, 2.05) is 0 Å². The molecule has 2 rings (SSSR count). The Bertz CT molecular complexity index is 377. The van der Waals surface area contributed by atoms with Crippen LogP contribution in [0.5, 0.6) is 0 Å². The molecule has 2 amide bonds. The normalized spacial score (nSPS) is 25.1. The molecular weight excluding hydrogens is 248 g/mol. The summed E-state index contributed by atoms with van der Waals surface area (Å²) in [6, 6.07) is 0. The molecule has 6 heteroatoms. The van der Waals surface area contributed by atoms with Crippen molar-refractivity contribution in [2.75, 3.05) is 13.1 Å². The van der Waals surface area contributed by atoms with Crippen LogP contribution in [0.1, 0.15) is 32.1 Å². The number of carboxylic acid groups (broad SMARTS) is 1. The van der Waals surface area contributed by atoms with Gasteiger partial charge >= 0.3 is 5.97 Å². The number of aliphatic carboxylic acids is 1. The van der Waals surface area contributed by atoms with Gasteiger partial charge in [-0.3, -0.25) is 14.4 Å². The first-order valence-corrected chi connectivity index (χ1v) is 6.85. The average molecular weight is 268 g/mol. The lowest BCUT2D eigenvalue weighted by Crippen LogP contribution is -2.41. The largest absolute Gasteiger partial charge is 0.481 e. The standard InChI is InChI=1S/C13H20N2O4/c16-10-5-8(6-14-10)7-15-12(17)11(13(18)19)9-3-1-2-4-9/h8-9,11H,1-7H2,(H,14,16)(H,15,17)(H,18,19). The van der Waals surface area contributed by atoms with Crippen molar-refractivity contribution in [3.8, 4) is 0 Å². The Morgan fingerprint density at radius 1 is 1.37 bits per heavy atom. The second kappa shape index (κ2) is 6.04. The van der Waals surface area contributed by atoms with E-state index in [1.165, 1.54) is 0 Å². The fraction of sp³-hybridized carbons (Fsp3) is 0.769. The molecule has 0 aromatic heterocycles. The van der Waals surface area contributed by atoms with Crippen LogP contribution >= 0.6 is 0 Å². The van der Waals surface area contributed by atoms with Crippen LogP contribution in [0.3, 0.4) is 0 Å². The summed E-state index contributed by atoms with van der Waals surface area (Å²) in [6.07, 6.45) is 4.04. The van der Waals surface area contributed by atoms with Crippen LogP contribution in [0, 0.1) is 17.8 Å². The van der Waals surface area contributed by atoms with Gasteiger partial charge in [0.25, 0.3) is 0 Å². The van der Waals surface area contributed by atoms with Crippen molar-refractivity contribution in [3.05, 3.63) is 0 Å². The minimum Gasteiger partial charge on any atom is -0.481 e. The summed E-state index contributed by atoms with van der Waals surface area (Å²) >= 11 is 0. The Morgan fingerprint density at radius 3 is 2.58 bits per heavy atom. The highest BCUT2D eigenvalue weighted by atomic mass is 16.4. The maximum absolute atomic E-state index is 12.0. The summed E-state index contributed by atoms with van der Waals surface area (Å²) in [5, 5.41) is 14.6. The second-order valence-electron chi connectivity index (χ2n) is 5.48. The Morgan fingerprint density at radius 2 is 2.05 bits per heavy atom. The number of hydrogen-bond acceptors (Lipinski definition) is 3. The lowest BCUT2D eigenvalue weighted by molar-refractivity contribution is -0.149. The van der Waals surface area contributed by atoms with Crippen molar-refractivity contribution in [2.45, 2.75) is 32.1 Å². The fourth-order valence-corrected chi connectivity index (χ4v) is 2.98. The molecule has 0 aromatic carbocycles. The summed E-state index contributed by atoms with van der Waals surface area (Å²) in [4.78, 5) is 34.3. The molecule has 2 aliphatic rings. The SMILES string of the molecule is O=C1CC(CNC(=O)C(C(=O)O)C2CCCC2)CN1. The van der Waals surface area contributed by atoms with Crippen LogP contribution in [-0.2, 0) is 14.4 Å². The van der Waals surface area contributed by atoms with Crippen LogP contribution in [0.15, 0.2) is 0 Å². The Labute approximate surface area is 111 Å². The van der Waals surface area contributed by atoms with E-state index in [0.717, 1.165) is 25.7 Å². The Balaban J connectivity index is 1.85. The molecule has 2 unspecified atom stereocenters. The molecule has 2 fully saturated rings. The van der Waals surface area contributed by atoms with Gasteiger partial charge in [-0.2, -0.15) is 0 Å². The van der Waals surface area contributed by atoms with Gasteiger partial charge in [-0.05, 0) is 18.8 Å². The molecule has 2 atom stereocenters. The fourth-order valence-electron chi connectivity index (χ4n) is 2.98. The van der Waals surface area contributed by atoms with Gasteiger partial charge in [-0.1, -0.05) is 12.8 Å². The van der Waals surface area contributed by atoms with Crippen molar-refractivity contribution in [1.29, 1.82) is 0 Å². The molecule has 6 nitrogen and oxygen atoms in total. The predicted octanol–water partition coefficient (Wildman–Crippen LogP) is 0.130. The minimum atomic E-state index is -1.04. The molecule has 1 aliphatic heterocycles. The molecule has 3 N–H and O–H groups in total. The molecular formula is C13H20N2O4. The summed E-state index contributed by atoms with van der Waals surface area (Å²) in [5.41, 5.74) is 0. The van der Waals surface area contributed by atoms with E-state index in [2.05, 4.69) is 10.6 Å². The number of nitrogens with one attached hydrogen (secondary N) is 2. The molecule has 0 aromatic rings.